The van der Waals surface area contributed by atoms with Gasteiger partial charge in [-0.1, -0.05) is 26.7 Å². The van der Waals surface area contributed by atoms with Gasteiger partial charge in [-0.25, -0.2) is 0 Å². The minimum Gasteiger partial charge on any atom is -0.369 e. The third kappa shape index (κ3) is 4.43. The highest BCUT2D eigenvalue weighted by atomic mass is 16.2. The van der Waals surface area contributed by atoms with Crippen molar-refractivity contribution in [1.82, 2.24) is 10.2 Å². The fourth-order valence-electron chi connectivity index (χ4n) is 3.62. The molecule has 1 saturated heterocycles. The molecule has 3 atom stereocenters. The Bertz CT molecular complexity index is 378. The monoisotopic (exact) mass is 295 g/mol. The lowest BCUT2D eigenvalue weighted by molar-refractivity contribution is -0.125. The average molecular weight is 295 g/mol. The summed E-state index contributed by atoms with van der Waals surface area (Å²) in [5.74, 6) is 1.16. The Morgan fingerprint density at radius 2 is 1.81 bits per heavy atom. The van der Waals surface area contributed by atoms with Crippen LogP contribution in [-0.4, -0.2) is 42.4 Å². The largest absolute Gasteiger partial charge is 0.369 e. The number of likely N-dealkylation sites (tertiary alicyclic amines) is 1. The van der Waals surface area contributed by atoms with Crippen molar-refractivity contribution in [2.24, 2.45) is 23.5 Å². The van der Waals surface area contributed by atoms with Gasteiger partial charge < -0.3 is 11.1 Å². The maximum atomic E-state index is 12.2. The van der Waals surface area contributed by atoms with E-state index in [-0.39, 0.29) is 17.7 Å². The second kappa shape index (κ2) is 7.25. The number of carbonyl (C=O) groups is 2. The van der Waals surface area contributed by atoms with Crippen LogP contribution in [0.25, 0.3) is 0 Å². The van der Waals surface area contributed by atoms with Crippen molar-refractivity contribution in [2.75, 3.05) is 19.6 Å². The van der Waals surface area contributed by atoms with Crippen molar-refractivity contribution < 1.29 is 9.59 Å². The van der Waals surface area contributed by atoms with E-state index in [4.69, 9.17) is 5.73 Å². The predicted octanol–water partition coefficient (Wildman–Crippen LogP) is 1.12. The number of carbonyl (C=O) groups excluding carboxylic acids is 2. The maximum Gasteiger partial charge on any atom is 0.234 e. The highest BCUT2D eigenvalue weighted by molar-refractivity contribution is 5.79. The van der Waals surface area contributed by atoms with Crippen LogP contribution in [-0.2, 0) is 9.59 Å². The maximum absolute atomic E-state index is 12.2. The van der Waals surface area contributed by atoms with Gasteiger partial charge in [-0.15, -0.1) is 0 Å². The molecule has 5 nitrogen and oxygen atoms in total. The molecule has 0 aromatic carbocycles. The normalized spacial score (nSPS) is 31.8. The van der Waals surface area contributed by atoms with Gasteiger partial charge in [-0.2, -0.15) is 0 Å². The first-order chi connectivity index (χ1) is 9.97. The van der Waals surface area contributed by atoms with Gasteiger partial charge in [0.1, 0.15) is 0 Å². The minimum atomic E-state index is -0.205. The summed E-state index contributed by atoms with van der Waals surface area (Å²) in [6, 6.07) is 0.324. The Morgan fingerprint density at radius 1 is 1.14 bits per heavy atom. The van der Waals surface area contributed by atoms with Gasteiger partial charge in [0.05, 0.1) is 6.54 Å². The van der Waals surface area contributed by atoms with Crippen LogP contribution in [0.2, 0.25) is 0 Å². The lowest BCUT2D eigenvalue weighted by Gasteiger charge is -2.35. The molecular formula is C16H29N3O2. The van der Waals surface area contributed by atoms with Crippen molar-refractivity contribution in [3.05, 3.63) is 0 Å². The number of nitrogens with two attached hydrogens (primary N) is 1. The van der Waals surface area contributed by atoms with E-state index in [0.29, 0.717) is 24.4 Å². The fraction of sp³-hybridized carbons (Fsp3) is 0.875. The van der Waals surface area contributed by atoms with Gasteiger partial charge in [0.2, 0.25) is 11.8 Å². The number of nitrogens with one attached hydrogen (secondary N) is 1. The minimum absolute atomic E-state index is 0.0106. The van der Waals surface area contributed by atoms with Gasteiger partial charge in [0, 0.05) is 12.0 Å². The van der Waals surface area contributed by atoms with Crippen LogP contribution in [0.15, 0.2) is 0 Å². The molecule has 21 heavy (non-hydrogen) atoms. The number of hydrogen-bond donors (Lipinski definition) is 2. The molecular weight excluding hydrogens is 266 g/mol. The van der Waals surface area contributed by atoms with Crippen LogP contribution in [0.3, 0.4) is 0 Å². The summed E-state index contributed by atoms with van der Waals surface area (Å²) < 4.78 is 0. The zero-order valence-electron chi connectivity index (χ0n) is 13.3. The number of hydrogen-bond acceptors (Lipinski definition) is 3. The summed E-state index contributed by atoms with van der Waals surface area (Å²) >= 11 is 0. The molecule has 0 radical (unpaired) electrons. The Labute approximate surface area is 127 Å². The van der Waals surface area contributed by atoms with Crippen LogP contribution in [0.5, 0.6) is 0 Å². The first kappa shape index (κ1) is 16.3. The van der Waals surface area contributed by atoms with E-state index in [2.05, 4.69) is 24.1 Å². The summed E-state index contributed by atoms with van der Waals surface area (Å²) in [7, 11) is 0. The van der Waals surface area contributed by atoms with Crippen LogP contribution in [0.4, 0.5) is 0 Å². The first-order valence-electron chi connectivity index (χ1n) is 8.28. The SMILES string of the molecule is C[C@H]1[C@@H](NC(=O)CN2CCC(C(N)=O)CC2)CCC[C@@H]1C. The molecule has 2 aliphatic rings. The molecule has 0 bridgehead atoms. The summed E-state index contributed by atoms with van der Waals surface area (Å²) in [5, 5.41) is 3.21. The quantitative estimate of drug-likeness (QED) is 0.816. The van der Waals surface area contributed by atoms with Crippen LogP contribution < -0.4 is 11.1 Å². The standard InChI is InChI=1S/C16H29N3O2/c1-11-4-3-5-14(12(11)2)18-15(20)10-19-8-6-13(7-9-19)16(17)21/h11-14H,3-10H2,1-2H3,(H2,17,21)(H,18,20)/t11-,12+,14-/m0/s1. The molecule has 5 heteroatoms. The number of rotatable bonds is 4. The van der Waals surface area contributed by atoms with Crippen LogP contribution in [0.1, 0.15) is 46.0 Å². The third-order valence-corrected chi connectivity index (χ3v) is 5.41. The van der Waals surface area contributed by atoms with Gasteiger partial charge in [0.25, 0.3) is 0 Å². The van der Waals surface area contributed by atoms with E-state index in [1.165, 1.54) is 12.8 Å². The number of amides is 2. The lowest BCUT2D eigenvalue weighted by Crippen LogP contribution is -2.49. The highest BCUT2D eigenvalue weighted by Crippen LogP contribution is 2.29. The Balaban J connectivity index is 1.74. The van der Waals surface area contributed by atoms with Crippen molar-refractivity contribution >= 4 is 11.8 Å². The van der Waals surface area contributed by atoms with E-state index >= 15 is 0 Å². The summed E-state index contributed by atoms with van der Waals surface area (Å²) in [6.45, 7) is 6.54. The lowest BCUT2D eigenvalue weighted by atomic mass is 9.78. The number of primary amides is 1. The second-order valence-electron chi connectivity index (χ2n) is 6.89. The zero-order valence-corrected chi connectivity index (χ0v) is 13.3. The Kier molecular flexibility index (Phi) is 5.62. The van der Waals surface area contributed by atoms with Gasteiger partial charge in [0.15, 0.2) is 0 Å². The zero-order chi connectivity index (χ0) is 15.4. The summed E-state index contributed by atoms with van der Waals surface area (Å²) in [4.78, 5) is 25.5. The smallest absolute Gasteiger partial charge is 0.234 e. The molecule has 2 fully saturated rings. The van der Waals surface area contributed by atoms with E-state index in [9.17, 15) is 9.59 Å². The molecule has 0 aromatic heterocycles. The second-order valence-corrected chi connectivity index (χ2v) is 6.89. The number of piperidine rings is 1. The molecule has 1 saturated carbocycles. The molecule has 1 aliphatic carbocycles. The molecule has 0 unspecified atom stereocenters. The summed E-state index contributed by atoms with van der Waals surface area (Å²) in [5.41, 5.74) is 5.33. The molecule has 1 heterocycles. The topological polar surface area (TPSA) is 75.4 Å². The molecule has 0 aromatic rings. The fourth-order valence-corrected chi connectivity index (χ4v) is 3.62. The van der Waals surface area contributed by atoms with E-state index in [1.54, 1.807) is 0 Å². The van der Waals surface area contributed by atoms with Gasteiger partial charge in [-0.3, -0.25) is 14.5 Å². The van der Waals surface area contributed by atoms with Crippen molar-refractivity contribution in [1.29, 1.82) is 0 Å². The molecule has 0 spiro atoms. The van der Waals surface area contributed by atoms with Crippen molar-refractivity contribution in [2.45, 2.75) is 52.0 Å². The highest BCUT2D eigenvalue weighted by Gasteiger charge is 2.29. The van der Waals surface area contributed by atoms with E-state index in [0.717, 1.165) is 32.4 Å². The Hall–Kier alpha value is -1.10. The van der Waals surface area contributed by atoms with Gasteiger partial charge in [-0.05, 0) is 44.2 Å². The third-order valence-electron chi connectivity index (χ3n) is 5.41. The van der Waals surface area contributed by atoms with E-state index < -0.39 is 0 Å². The van der Waals surface area contributed by atoms with E-state index in [1.807, 2.05) is 0 Å². The molecule has 2 rings (SSSR count). The van der Waals surface area contributed by atoms with Crippen LogP contribution in [0, 0.1) is 17.8 Å². The van der Waals surface area contributed by atoms with Crippen molar-refractivity contribution in [3.8, 4) is 0 Å². The molecule has 2 amide bonds. The first-order valence-corrected chi connectivity index (χ1v) is 8.28. The average Bonchev–Trinajstić information content (AvgIpc) is 2.44. The molecule has 1 aliphatic heterocycles. The summed E-state index contributed by atoms with van der Waals surface area (Å²) in [6.07, 6.45) is 5.13. The Morgan fingerprint density at radius 3 is 2.43 bits per heavy atom. The predicted molar refractivity (Wildman–Crippen MR) is 82.5 cm³/mol. The molecule has 3 N–H and O–H groups in total. The molecule has 120 valence electrons. The number of nitrogens with zero attached hydrogens (tertiary/aromatic N) is 1. The van der Waals surface area contributed by atoms with Crippen LogP contribution >= 0.6 is 0 Å². The van der Waals surface area contributed by atoms with Crippen molar-refractivity contribution in [3.63, 3.8) is 0 Å². The van der Waals surface area contributed by atoms with Gasteiger partial charge >= 0.3 is 0 Å².